The second-order valence-corrected chi connectivity index (χ2v) is 10.3. The lowest BCUT2D eigenvalue weighted by atomic mass is 10.1. The normalized spacial score (nSPS) is 13.7. The fraction of sp³-hybridized carbons (Fsp3) is 0.231. The lowest BCUT2D eigenvalue weighted by Gasteiger charge is -2.29. The Bertz CT molecular complexity index is 1440. The van der Waals surface area contributed by atoms with Gasteiger partial charge in [-0.05, 0) is 42.5 Å². The number of carbonyl (C=O) groups excluding carboxylic acids is 1. The van der Waals surface area contributed by atoms with Crippen LogP contribution in [-0.4, -0.2) is 65.4 Å². The summed E-state index contributed by atoms with van der Waals surface area (Å²) < 4.78 is 38.4. The van der Waals surface area contributed by atoms with Gasteiger partial charge >= 0.3 is 0 Å². The van der Waals surface area contributed by atoms with Crippen molar-refractivity contribution in [3.63, 3.8) is 0 Å². The van der Waals surface area contributed by atoms with Gasteiger partial charge in [0.2, 0.25) is 0 Å². The summed E-state index contributed by atoms with van der Waals surface area (Å²) in [6, 6.07) is 18.5. The molecule has 0 radical (unpaired) electrons. The molecule has 1 N–H and O–H groups in total. The van der Waals surface area contributed by atoms with E-state index in [1.54, 1.807) is 36.4 Å². The number of non-ortho nitro benzene ring substituents is 1. The number of sulfonamides is 1. The number of hydrogen-bond donors (Lipinski definition) is 1. The van der Waals surface area contributed by atoms with Crippen LogP contribution in [0.2, 0.25) is 0 Å². The molecule has 0 aliphatic carbocycles. The molecule has 3 aromatic rings. The molecule has 1 heterocycles. The molecule has 0 saturated carbocycles. The molecule has 0 unspecified atom stereocenters. The number of morpholine rings is 1. The summed E-state index contributed by atoms with van der Waals surface area (Å²) in [7, 11) is -2.64. The first kappa shape index (κ1) is 27.5. The number of hydrazone groups is 1. The van der Waals surface area contributed by atoms with E-state index in [2.05, 4.69) is 10.5 Å². The van der Waals surface area contributed by atoms with Crippen LogP contribution in [0.1, 0.15) is 5.56 Å². The smallest absolute Gasteiger partial charge is 0.270 e. The van der Waals surface area contributed by atoms with Gasteiger partial charge in [-0.1, -0.05) is 18.2 Å². The minimum absolute atomic E-state index is 0.0183. The fourth-order valence-electron chi connectivity index (χ4n) is 3.97. The third-order valence-electron chi connectivity index (χ3n) is 5.95. The van der Waals surface area contributed by atoms with E-state index in [-0.39, 0.29) is 10.6 Å². The highest BCUT2D eigenvalue weighted by atomic mass is 32.2. The maximum Gasteiger partial charge on any atom is 0.270 e. The molecule has 12 nitrogen and oxygen atoms in total. The molecule has 39 heavy (non-hydrogen) atoms. The van der Waals surface area contributed by atoms with Crippen LogP contribution in [0.25, 0.3) is 0 Å². The van der Waals surface area contributed by atoms with E-state index in [0.717, 1.165) is 4.31 Å². The van der Waals surface area contributed by atoms with Crippen molar-refractivity contribution in [1.29, 1.82) is 0 Å². The van der Waals surface area contributed by atoms with Crippen LogP contribution in [0.3, 0.4) is 0 Å². The second kappa shape index (κ2) is 12.4. The highest BCUT2D eigenvalue weighted by Gasteiger charge is 2.27. The van der Waals surface area contributed by atoms with Crippen LogP contribution in [0.5, 0.6) is 5.75 Å². The highest BCUT2D eigenvalue weighted by Crippen LogP contribution is 2.26. The number of benzene rings is 3. The average molecular weight is 554 g/mol. The lowest BCUT2D eigenvalue weighted by Crippen LogP contribution is -2.39. The maximum absolute atomic E-state index is 13.5. The molecular weight excluding hydrogens is 526 g/mol. The Morgan fingerprint density at radius 2 is 1.82 bits per heavy atom. The second-order valence-electron chi connectivity index (χ2n) is 8.42. The third kappa shape index (κ3) is 6.69. The largest absolute Gasteiger partial charge is 0.497 e. The first-order chi connectivity index (χ1) is 18.8. The number of nitrogens with one attached hydrogen (secondary N) is 1. The van der Waals surface area contributed by atoms with Gasteiger partial charge in [0, 0.05) is 36.5 Å². The Morgan fingerprint density at radius 1 is 1.13 bits per heavy atom. The Morgan fingerprint density at radius 3 is 2.46 bits per heavy atom. The molecule has 204 valence electrons. The Hall–Kier alpha value is -4.49. The van der Waals surface area contributed by atoms with Gasteiger partial charge < -0.3 is 14.4 Å². The fourth-order valence-corrected chi connectivity index (χ4v) is 5.40. The number of nitro groups is 1. The topological polar surface area (TPSA) is 144 Å². The number of nitro benzene ring substituents is 1. The van der Waals surface area contributed by atoms with E-state index in [9.17, 15) is 23.3 Å². The molecule has 0 bridgehead atoms. The summed E-state index contributed by atoms with van der Waals surface area (Å²) in [5.74, 6) is -0.213. The predicted octanol–water partition coefficient (Wildman–Crippen LogP) is 2.79. The van der Waals surface area contributed by atoms with Crippen molar-refractivity contribution in [2.75, 3.05) is 49.2 Å². The number of para-hydroxylation sites is 1. The molecule has 1 fully saturated rings. The van der Waals surface area contributed by atoms with Crippen molar-refractivity contribution in [1.82, 2.24) is 5.43 Å². The Labute approximate surface area is 225 Å². The van der Waals surface area contributed by atoms with Gasteiger partial charge in [-0.15, -0.1) is 0 Å². The predicted molar refractivity (Wildman–Crippen MR) is 146 cm³/mol. The molecule has 3 aromatic carbocycles. The van der Waals surface area contributed by atoms with E-state index in [1.165, 1.54) is 49.7 Å². The molecular formula is C26H27N5O7S. The number of rotatable bonds is 10. The number of methoxy groups -OCH3 is 1. The number of nitrogens with zero attached hydrogens (tertiary/aromatic N) is 4. The highest BCUT2D eigenvalue weighted by molar-refractivity contribution is 7.92. The van der Waals surface area contributed by atoms with Crippen molar-refractivity contribution < 1.29 is 27.6 Å². The molecule has 1 saturated heterocycles. The van der Waals surface area contributed by atoms with Crippen LogP contribution in [0.15, 0.2) is 82.8 Å². The van der Waals surface area contributed by atoms with E-state index < -0.39 is 27.4 Å². The van der Waals surface area contributed by atoms with Crippen LogP contribution in [0.4, 0.5) is 17.1 Å². The van der Waals surface area contributed by atoms with Gasteiger partial charge in [-0.25, -0.2) is 13.8 Å². The standard InChI is InChI=1S/C26H27N5O7S/c1-37-23-8-10-24(11-9-23)39(35,36)30(21-5-3-2-4-6-21)19-26(32)28-27-18-20-17-22(31(33)34)7-12-25(20)29-13-15-38-16-14-29/h2-12,17-18H,13-16,19H2,1H3,(H,28,32)/b27-18-. The van der Waals surface area contributed by atoms with Gasteiger partial charge in [0.25, 0.3) is 21.6 Å². The number of amides is 1. The first-order valence-corrected chi connectivity index (χ1v) is 13.4. The number of anilines is 2. The van der Waals surface area contributed by atoms with Crippen LogP contribution >= 0.6 is 0 Å². The summed E-state index contributed by atoms with van der Waals surface area (Å²) in [4.78, 5) is 25.7. The zero-order chi connectivity index (χ0) is 27.8. The zero-order valence-electron chi connectivity index (χ0n) is 21.1. The molecule has 0 atom stereocenters. The number of carbonyl (C=O) groups is 1. The minimum Gasteiger partial charge on any atom is -0.497 e. The van der Waals surface area contributed by atoms with Crippen molar-refractivity contribution in [3.8, 4) is 5.75 Å². The lowest BCUT2D eigenvalue weighted by molar-refractivity contribution is -0.384. The summed E-state index contributed by atoms with van der Waals surface area (Å²) in [5.41, 5.74) is 3.64. The summed E-state index contributed by atoms with van der Waals surface area (Å²) >= 11 is 0. The van der Waals surface area contributed by atoms with Gasteiger partial charge in [-0.2, -0.15) is 5.10 Å². The first-order valence-electron chi connectivity index (χ1n) is 11.9. The zero-order valence-corrected chi connectivity index (χ0v) is 21.9. The molecule has 0 spiro atoms. The molecule has 0 aromatic heterocycles. The maximum atomic E-state index is 13.5. The average Bonchev–Trinajstić information content (AvgIpc) is 2.96. The molecule has 1 aliphatic heterocycles. The summed E-state index contributed by atoms with van der Waals surface area (Å²) in [6.45, 7) is 1.67. The molecule has 4 rings (SSSR count). The van der Waals surface area contributed by atoms with Crippen molar-refractivity contribution >= 4 is 39.2 Å². The van der Waals surface area contributed by atoms with E-state index >= 15 is 0 Å². The Balaban J connectivity index is 1.55. The van der Waals surface area contributed by atoms with Crippen molar-refractivity contribution in [2.45, 2.75) is 4.90 Å². The van der Waals surface area contributed by atoms with Gasteiger partial charge in [0.05, 0.1) is 42.0 Å². The van der Waals surface area contributed by atoms with Crippen molar-refractivity contribution in [3.05, 3.63) is 88.5 Å². The molecule has 1 aliphatic rings. The summed E-state index contributed by atoms with van der Waals surface area (Å²) in [5, 5.41) is 15.3. The third-order valence-corrected chi connectivity index (χ3v) is 7.73. The minimum atomic E-state index is -4.12. The molecule has 1 amide bonds. The van der Waals surface area contributed by atoms with E-state index in [0.29, 0.717) is 49.0 Å². The van der Waals surface area contributed by atoms with Crippen LogP contribution in [-0.2, 0) is 19.6 Å². The monoisotopic (exact) mass is 553 g/mol. The van der Waals surface area contributed by atoms with Crippen LogP contribution < -0.4 is 19.4 Å². The van der Waals surface area contributed by atoms with E-state index in [1.807, 2.05) is 4.90 Å². The SMILES string of the molecule is COc1ccc(S(=O)(=O)N(CC(=O)N/N=C\c2cc([N+](=O)[O-])ccc2N2CCOCC2)c2ccccc2)cc1. The molecule has 13 heteroatoms. The Kier molecular flexibility index (Phi) is 8.74. The van der Waals surface area contributed by atoms with E-state index in [4.69, 9.17) is 9.47 Å². The van der Waals surface area contributed by atoms with Gasteiger partial charge in [0.15, 0.2) is 0 Å². The number of hydrogen-bond acceptors (Lipinski definition) is 9. The van der Waals surface area contributed by atoms with Crippen LogP contribution in [0, 0.1) is 10.1 Å². The van der Waals surface area contributed by atoms with Gasteiger partial charge in [0.1, 0.15) is 12.3 Å². The van der Waals surface area contributed by atoms with Crippen molar-refractivity contribution in [2.24, 2.45) is 5.10 Å². The summed E-state index contributed by atoms with van der Waals surface area (Å²) in [6.07, 6.45) is 1.31. The number of ether oxygens (including phenoxy) is 2. The van der Waals surface area contributed by atoms with Gasteiger partial charge in [-0.3, -0.25) is 19.2 Å². The quantitative estimate of drug-likeness (QED) is 0.229.